The fourth-order valence-electron chi connectivity index (χ4n) is 2.24. The molecule has 1 aliphatic rings. The number of carbonyl (C=O) groups excluding carboxylic acids is 1. The molecule has 5 heteroatoms. The Hall–Kier alpha value is -0.650. The van der Waals surface area contributed by atoms with Crippen LogP contribution in [0.25, 0.3) is 0 Å². The number of amides is 1. The molecule has 1 rings (SSSR count). The molecule has 16 heavy (non-hydrogen) atoms. The van der Waals surface area contributed by atoms with Gasteiger partial charge in [0.25, 0.3) is 0 Å². The third-order valence-electron chi connectivity index (χ3n) is 3.30. The Morgan fingerprint density at radius 1 is 1.62 bits per heavy atom. The molecule has 0 aromatic rings. The predicted molar refractivity (Wildman–Crippen MR) is 64.7 cm³/mol. The minimum absolute atomic E-state index is 0.0774. The fraction of sp³-hybridized carbons (Fsp3) is 0.909. The van der Waals surface area contributed by atoms with Gasteiger partial charge in [0, 0.05) is 19.0 Å². The highest BCUT2D eigenvalue weighted by Crippen LogP contribution is 2.15. The molecule has 1 unspecified atom stereocenters. The van der Waals surface area contributed by atoms with E-state index in [0.29, 0.717) is 12.5 Å². The van der Waals surface area contributed by atoms with Gasteiger partial charge in [-0.25, -0.2) is 5.84 Å². The molecule has 1 atom stereocenters. The van der Waals surface area contributed by atoms with Crippen LogP contribution in [0, 0.1) is 0 Å². The zero-order valence-corrected chi connectivity index (χ0v) is 10.4. The Morgan fingerprint density at radius 2 is 2.38 bits per heavy atom. The lowest BCUT2D eigenvalue weighted by atomic mass is 10.2. The first-order valence-corrected chi connectivity index (χ1v) is 6.01. The number of nitrogens with zero attached hydrogens (tertiary/aromatic N) is 2. The normalized spacial score (nSPS) is 21.6. The van der Waals surface area contributed by atoms with E-state index < -0.39 is 0 Å². The minimum atomic E-state index is -0.0774. The van der Waals surface area contributed by atoms with Crippen LogP contribution in [0.4, 0.5) is 0 Å². The van der Waals surface area contributed by atoms with E-state index in [2.05, 4.69) is 29.3 Å². The lowest BCUT2D eigenvalue weighted by Crippen LogP contribution is -2.37. The van der Waals surface area contributed by atoms with Gasteiger partial charge in [-0.1, -0.05) is 0 Å². The lowest BCUT2D eigenvalue weighted by Gasteiger charge is -2.25. The van der Waals surface area contributed by atoms with Gasteiger partial charge in [-0.2, -0.15) is 0 Å². The van der Waals surface area contributed by atoms with Crippen LogP contribution in [0.3, 0.4) is 0 Å². The average molecular weight is 228 g/mol. The van der Waals surface area contributed by atoms with E-state index >= 15 is 0 Å². The maximum atomic E-state index is 10.9. The van der Waals surface area contributed by atoms with E-state index in [1.54, 1.807) is 0 Å². The molecule has 0 saturated carbocycles. The third kappa shape index (κ3) is 4.47. The van der Waals surface area contributed by atoms with Gasteiger partial charge in [-0.3, -0.25) is 10.2 Å². The molecular weight excluding hydrogens is 204 g/mol. The summed E-state index contributed by atoms with van der Waals surface area (Å²) in [7, 11) is 4.31. The summed E-state index contributed by atoms with van der Waals surface area (Å²) in [5, 5.41) is 0. The SMILES string of the molecule is CN(CCCC(=O)NN)CC1CCCN1C. The Bertz CT molecular complexity index is 222. The zero-order valence-electron chi connectivity index (χ0n) is 10.4. The highest BCUT2D eigenvalue weighted by Gasteiger charge is 2.21. The Balaban J connectivity index is 2.10. The van der Waals surface area contributed by atoms with Crippen LogP contribution in [0.2, 0.25) is 0 Å². The summed E-state index contributed by atoms with van der Waals surface area (Å²) in [4.78, 5) is 15.6. The molecule has 0 aromatic carbocycles. The average Bonchev–Trinajstić information content (AvgIpc) is 2.64. The van der Waals surface area contributed by atoms with Gasteiger partial charge in [-0.15, -0.1) is 0 Å². The molecule has 1 saturated heterocycles. The van der Waals surface area contributed by atoms with Crippen molar-refractivity contribution < 1.29 is 4.79 Å². The van der Waals surface area contributed by atoms with Crippen molar-refractivity contribution >= 4 is 5.91 Å². The van der Waals surface area contributed by atoms with Crippen molar-refractivity contribution in [2.24, 2.45) is 5.84 Å². The van der Waals surface area contributed by atoms with Gasteiger partial charge in [0.15, 0.2) is 0 Å². The first-order valence-electron chi connectivity index (χ1n) is 6.01. The largest absolute Gasteiger partial charge is 0.305 e. The van der Waals surface area contributed by atoms with Crippen LogP contribution in [0.1, 0.15) is 25.7 Å². The molecular formula is C11H24N4O. The summed E-state index contributed by atoms with van der Waals surface area (Å²) in [6, 6.07) is 0.688. The van der Waals surface area contributed by atoms with Gasteiger partial charge < -0.3 is 9.80 Å². The first kappa shape index (κ1) is 13.4. The third-order valence-corrected chi connectivity index (χ3v) is 3.30. The molecule has 3 N–H and O–H groups in total. The summed E-state index contributed by atoms with van der Waals surface area (Å²) in [5.41, 5.74) is 2.15. The number of rotatable bonds is 6. The molecule has 0 radical (unpaired) electrons. The molecule has 0 aliphatic carbocycles. The van der Waals surface area contributed by atoms with Gasteiger partial charge in [0.1, 0.15) is 0 Å². The Labute approximate surface area is 97.9 Å². The van der Waals surface area contributed by atoms with E-state index in [9.17, 15) is 4.79 Å². The summed E-state index contributed by atoms with van der Waals surface area (Å²) in [6.45, 7) is 3.27. The summed E-state index contributed by atoms with van der Waals surface area (Å²) < 4.78 is 0. The standard InChI is InChI=1S/C11H24N4O/c1-14(7-4-6-11(16)13-12)9-10-5-3-8-15(10)2/h10H,3-9,12H2,1-2H3,(H,13,16). The van der Waals surface area contributed by atoms with Crippen LogP contribution in [-0.4, -0.2) is 55.5 Å². The van der Waals surface area contributed by atoms with Gasteiger partial charge in [-0.05, 0) is 46.4 Å². The number of hydrogen-bond donors (Lipinski definition) is 2. The quantitative estimate of drug-likeness (QED) is 0.375. The topological polar surface area (TPSA) is 61.6 Å². The van der Waals surface area contributed by atoms with E-state index in [4.69, 9.17) is 5.84 Å². The first-order chi connectivity index (χ1) is 7.63. The molecule has 0 spiro atoms. The Morgan fingerprint density at radius 3 is 2.94 bits per heavy atom. The second kappa shape index (κ2) is 6.83. The maximum Gasteiger partial charge on any atom is 0.233 e. The number of nitrogens with one attached hydrogen (secondary N) is 1. The van der Waals surface area contributed by atoms with Crippen molar-refractivity contribution in [1.82, 2.24) is 15.2 Å². The number of carbonyl (C=O) groups is 1. The molecule has 1 fully saturated rings. The van der Waals surface area contributed by atoms with Crippen molar-refractivity contribution in [2.45, 2.75) is 31.7 Å². The van der Waals surface area contributed by atoms with Gasteiger partial charge >= 0.3 is 0 Å². The highest BCUT2D eigenvalue weighted by molar-refractivity contribution is 5.75. The molecule has 0 bridgehead atoms. The summed E-state index contributed by atoms with van der Waals surface area (Å²) in [6.07, 6.45) is 3.99. The monoisotopic (exact) mass is 228 g/mol. The predicted octanol–water partition coefficient (Wildman–Crippen LogP) is -0.217. The second-order valence-corrected chi connectivity index (χ2v) is 4.71. The molecule has 1 heterocycles. The summed E-state index contributed by atoms with van der Waals surface area (Å²) >= 11 is 0. The van der Waals surface area contributed by atoms with Crippen LogP contribution < -0.4 is 11.3 Å². The van der Waals surface area contributed by atoms with E-state index in [0.717, 1.165) is 19.5 Å². The maximum absolute atomic E-state index is 10.9. The van der Waals surface area contributed by atoms with Crippen LogP contribution >= 0.6 is 0 Å². The number of nitrogens with two attached hydrogens (primary N) is 1. The number of hydrogen-bond acceptors (Lipinski definition) is 4. The van der Waals surface area contributed by atoms with Gasteiger partial charge in [0.2, 0.25) is 5.91 Å². The number of likely N-dealkylation sites (N-methyl/N-ethyl adjacent to an activating group) is 2. The van der Waals surface area contributed by atoms with Crippen molar-refractivity contribution in [3.05, 3.63) is 0 Å². The van der Waals surface area contributed by atoms with Crippen LogP contribution in [0.5, 0.6) is 0 Å². The minimum Gasteiger partial charge on any atom is -0.305 e. The van der Waals surface area contributed by atoms with Crippen molar-refractivity contribution in [2.75, 3.05) is 33.7 Å². The van der Waals surface area contributed by atoms with E-state index in [-0.39, 0.29) is 5.91 Å². The molecule has 1 amide bonds. The number of hydrazine groups is 1. The van der Waals surface area contributed by atoms with Crippen LogP contribution in [0.15, 0.2) is 0 Å². The lowest BCUT2D eigenvalue weighted by molar-refractivity contribution is -0.121. The van der Waals surface area contributed by atoms with Crippen molar-refractivity contribution in [1.29, 1.82) is 0 Å². The second-order valence-electron chi connectivity index (χ2n) is 4.71. The summed E-state index contributed by atoms with van der Waals surface area (Å²) in [5.74, 6) is 4.94. The van der Waals surface area contributed by atoms with E-state index in [1.807, 2.05) is 0 Å². The molecule has 0 aromatic heterocycles. The highest BCUT2D eigenvalue weighted by atomic mass is 16.2. The van der Waals surface area contributed by atoms with Crippen molar-refractivity contribution in [3.63, 3.8) is 0 Å². The smallest absolute Gasteiger partial charge is 0.233 e. The van der Waals surface area contributed by atoms with E-state index in [1.165, 1.54) is 19.4 Å². The Kier molecular flexibility index (Phi) is 5.73. The van der Waals surface area contributed by atoms with Crippen molar-refractivity contribution in [3.8, 4) is 0 Å². The molecule has 94 valence electrons. The zero-order chi connectivity index (χ0) is 12.0. The number of likely N-dealkylation sites (tertiary alicyclic amines) is 1. The fourth-order valence-corrected chi connectivity index (χ4v) is 2.24. The van der Waals surface area contributed by atoms with Gasteiger partial charge in [0.05, 0.1) is 0 Å². The molecule has 5 nitrogen and oxygen atoms in total. The molecule has 1 aliphatic heterocycles. The van der Waals surface area contributed by atoms with Crippen LogP contribution in [-0.2, 0) is 4.79 Å².